The molecule has 0 saturated carbocycles. The molecule has 0 saturated heterocycles. The molecule has 5 unspecified atom stereocenters. The monoisotopic (exact) mass is 791 g/mol. The Bertz CT molecular complexity index is 1760. The van der Waals surface area contributed by atoms with Crippen LogP contribution in [0.4, 0.5) is 0 Å². The highest BCUT2D eigenvalue weighted by molar-refractivity contribution is 6.43. The van der Waals surface area contributed by atoms with Crippen LogP contribution in [0.5, 0.6) is 0 Å². The standard InChI is InChI=1S/C37H54BN11O8/c1-22(32(51)47-30(19-31(50)42-2)36(55)49-37(41)38(56)57)45-35(54)29(18-27-20-43-21-44-27)48-34(53)28(7-3-4-16-39)46-33(52)26-14-12-25(13-15-26)24-10-8-23(9-11-24)6-5-17-40/h8-15,20-22,28-30,37,56-57H,3-7,16-19,39-41H2,1-2H3,(H,42,50)(H,43,44)(H,45,54)(H,46,52)(H,47,51)(H,48,53)(H,49,55). The van der Waals surface area contributed by atoms with Gasteiger partial charge < -0.3 is 64.1 Å². The summed E-state index contributed by atoms with van der Waals surface area (Å²) in [7, 11) is -0.802. The van der Waals surface area contributed by atoms with Crippen molar-refractivity contribution in [2.45, 2.75) is 82.1 Å². The number of carbonyl (C=O) groups is 6. The first-order chi connectivity index (χ1) is 27.3. The number of H-pyrrole nitrogens is 1. The van der Waals surface area contributed by atoms with E-state index in [9.17, 15) is 38.8 Å². The second-order valence-electron chi connectivity index (χ2n) is 13.4. The van der Waals surface area contributed by atoms with E-state index in [0.29, 0.717) is 37.2 Å². The highest BCUT2D eigenvalue weighted by atomic mass is 16.4. The maximum Gasteiger partial charge on any atom is 0.490 e. The molecule has 3 aromatic rings. The van der Waals surface area contributed by atoms with E-state index in [0.717, 1.165) is 24.0 Å². The van der Waals surface area contributed by atoms with E-state index < -0.39 is 79.2 Å². The molecule has 0 radical (unpaired) electrons. The van der Waals surface area contributed by atoms with Crippen LogP contribution < -0.4 is 49.1 Å². The van der Waals surface area contributed by atoms with E-state index in [1.54, 1.807) is 12.1 Å². The van der Waals surface area contributed by atoms with Crippen molar-refractivity contribution in [1.29, 1.82) is 0 Å². The lowest BCUT2D eigenvalue weighted by Gasteiger charge is -2.25. The van der Waals surface area contributed by atoms with Gasteiger partial charge in [0, 0.05) is 30.9 Å². The van der Waals surface area contributed by atoms with Crippen LogP contribution in [0.2, 0.25) is 0 Å². The number of hydrogen-bond donors (Lipinski definition) is 12. The Kier molecular flexibility index (Phi) is 18.8. The number of aromatic amines is 1. The molecule has 0 fully saturated rings. The molecular weight excluding hydrogens is 737 g/mol. The van der Waals surface area contributed by atoms with Crippen molar-refractivity contribution in [2.75, 3.05) is 20.1 Å². The van der Waals surface area contributed by atoms with Crippen molar-refractivity contribution in [1.82, 2.24) is 41.9 Å². The molecule has 5 atom stereocenters. The SMILES string of the molecule is CNC(=O)CC(NC(=O)C(C)NC(=O)C(Cc1cnc[nH]1)NC(=O)C(CCCCN)NC(=O)c1ccc(-c2ccc(CCCN)cc2)cc1)C(=O)NC(N)B(O)O. The Morgan fingerprint density at radius 3 is 1.93 bits per heavy atom. The van der Waals surface area contributed by atoms with Crippen LogP contribution in [0.3, 0.4) is 0 Å². The molecule has 0 aliphatic rings. The quantitative estimate of drug-likeness (QED) is 0.0269. The van der Waals surface area contributed by atoms with Gasteiger partial charge >= 0.3 is 7.12 Å². The highest BCUT2D eigenvalue weighted by Gasteiger charge is 2.32. The van der Waals surface area contributed by atoms with Gasteiger partial charge in [-0.3, -0.25) is 28.8 Å². The van der Waals surface area contributed by atoms with Gasteiger partial charge in [0.15, 0.2) is 0 Å². The fourth-order valence-corrected chi connectivity index (χ4v) is 5.60. The van der Waals surface area contributed by atoms with Crippen molar-refractivity contribution < 1.29 is 38.8 Å². The Balaban J connectivity index is 1.74. The molecule has 15 N–H and O–H groups in total. The summed E-state index contributed by atoms with van der Waals surface area (Å²) in [6.07, 6.45) is 5.31. The summed E-state index contributed by atoms with van der Waals surface area (Å²) < 4.78 is 0. The van der Waals surface area contributed by atoms with Gasteiger partial charge in [0.1, 0.15) is 30.2 Å². The highest BCUT2D eigenvalue weighted by Crippen LogP contribution is 2.21. The number of aryl methyl sites for hydroxylation is 1. The lowest BCUT2D eigenvalue weighted by atomic mass is 9.86. The summed E-state index contributed by atoms with van der Waals surface area (Å²) >= 11 is 0. The van der Waals surface area contributed by atoms with Gasteiger partial charge in [0.05, 0.1) is 12.7 Å². The van der Waals surface area contributed by atoms with E-state index in [-0.39, 0.29) is 12.8 Å². The van der Waals surface area contributed by atoms with Crippen molar-refractivity contribution in [3.8, 4) is 11.1 Å². The summed E-state index contributed by atoms with van der Waals surface area (Å²) in [6.45, 7) is 2.30. The van der Waals surface area contributed by atoms with Crippen molar-refractivity contribution in [3.63, 3.8) is 0 Å². The molecule has 0 aliphatic carbocycles. The maximum atomic E-state index is 13.8. The molecular formula is C37H54BN11O8. The third-order valence-corrected chi connectivity index (χ3v) is 8.97. The zero-order valence-electron chi connectivity index (χ0n) is 32.1. The van der Waals surface area contributed by atoms with Crippen LogP contribution in [-0.2, 0) is 36.8 Å². The topological polar surface area (TPSA) is 322 Å². The number of rotatable bonds is 23. The molecule has 0 bridgehead atoms. The lowest BCUT2D eigenvalue weighted by Crippen LogP contribution is -2.60. The Morgan fingerprint density at radius 1 is 0.754 bits per heavy atom. The Labute approximate surface area is 331 Å². The van der Waals surface area contributed by atoms with Crippen LogP contribution >= 0.6 is 0 Å². The minimum absolute atomic E-state index is 0.0755. The van der Waals surface area contributed by atoms with E-state index in [1.165, 1.54) is 32.1 Å². The lowest BCUT2D eigenvalue weighted by molar-refractivity contribution is -0.134. The number of carbonyl (C=O) groups excluding carboxylic acids is 6. The van der Waals surface area contributed by atoms with Gasteiger partial charge in [-0.25, -0.2) is 4.98 Å². The average molecular weight is 792 g/mol. The molecule has 20 heteroatoms. The molecule has 6 amide bonds. The first-order valence-electron chi connectivity index (χ1n) is 18.7. The summed E-state index contributed by atoms with van der Waals surface area (Å²) in [5.41, 5.74) is 20.7. The van der Waals surface area contributed by atoms with Gasteiger partial charge in [0.2, 0.25) is 29.5 Å². The van der Waals surface area contributed by atoms with E-state index in [2.05, 4.69) is 41.9 Å². The van der Waals surface area contributed by atoms with Crippen molar-refractivity contribution >= 4 is 42.6 Å². The molecule has 308 valence electrons. The van der Waals surface area contributed by atoms with E-state index >= 15 is 0 Å². The van der Waals surface area contributed by atoms with Crippen molar-refractivity contribution in [2.24, 2.45) is 17.2 Å². The number of hydrogen-bond acceptors (Lipinski definition) is 12. The van der Waals surface area contributed by atoms with Crippen molar-refractivity contribution in [3.05, 3.63) is 77.9 Å². The molecule has 3 rings (SSSR count). The second kappa shape index (κ2) is 23.4. The largest absolute Gasteiger partial charge is 0.490 e. The number of nitrogens with one attached hydrogen (secondary N) is 7. The summed E-state index contributed by atoms with van der Waals surface area (Å²) in [5, 5.41) is 33.2. The van der Waals surface area contributed by atoms with Gasteiger partial charge in [-0.05, 0) is 80.9 Å². The van der Waals surface area contributed by atoms with Gasteiger partial charge in [-0.2, -0.15) is 0 Å². The van der Waals surface area contributed by atoms with Gasteiger partial charge in [0.25, 0.3) is 5.91 Å². The fraction of sp³-hybridized carbons (Fsp3) is 0.432. The molecule has 0 aliphatic heterocycles. The molecule has 1 heterocycles. The predicted molar refractivity (Wildman–Crippen MR) is 212 cm³/mol. The van der Waals surface area contributed by atoms with Crippen LogP contribution in [0.15, 0.2) is 61.1 Å². The number of imidazole rings is 1. The minimum Gasteiger partial charge on any atom is -0.425 e. The number of nitrogens with two attached hydrogens (primary N) is 3. The van der Waals surface area contributed by atoms with Gasteiger partial charge in [-0.15, -0.1) is 0 Å². The normalized spacial score (nSPS) is 13.5. The summed E-state index contributed by atoms with van der Waals surface area (Å²) in [6, 6.07) is 8.32. The first kappa shape index (κ1) is 45.7. The molecule has 2 aromatic carbocycles. The molecule has 0 spiro atoms. The Morgan fingerprint density at radius 2 is 1.35 bits per heavy atom. The first-order valence-corrected chi connectivity index (χ1v) is 18.7. The smallest absolute Gasteiger partial charge is 0.425 e. The second-order valence-corrected chi connectivity index (χ2v) is 13.4. The number of nitrogens with zero attached hydrogens (tertiary/aromatic N) is 1. The van der Waals surface area contributed by atoms with Crippen LogP contribution in [0.1, 0.15) is 60.6 Å². The van der Waals surface area contributed by atoms with E-state index in [1.807, 2.05) is 36.4 Å². The summed E-state index contributed by atoms with van der Waals surface area (Å²) in [5.74, 6) is -4.44. The zero-order valence-corrected chi connectivity index (χ0v) is 32.1. The number of aromatic nitrogens is 2. The minimum atomic E-state index is -2.12. The molecule has 19 nitrogen and oxygen atoms in total. The molecule has 1 aromatic heterocycles. The number of benzene rings is 2. The average Bonchev–Trinajstić information content (AvgIpc) is 3.72. The Hall–Kier alpha value is -5.67. The maximum absolute atomic E-state index is 13.8. The zero-order chi connectivity index (χ0) is 41.9. The third-order valence-electron chi connectivity index (χ3n) is 8.97. The van der Waals surface area contributed by atoms with Crippen LogP contribution in [-0.4, -0.2) is 113 Å². The third kappa shape index (κ3) is 15.1. The van der Waals surface area contributed by atoms with Crippen LogP contribution in [0, 0.1) is 0 Å². The molecule has 57 heavy (non-hydrogen) atoms. The fourth-order valence-electron chi connectivity index (χ4n) is 5.60. The van der Waals surface area contributed by atoms with E-state index in [4.69, 9.17) is 17.2 Å². The number of unbranched alkanes of at least 4 members (excludes halogenated alkanes) is 1. The number of amides is 6. The van der Waals surface area contributed by atoms with Crippen LogP contribution in [0.25, 0.3) is 11.1 Å². The summed E-state index contributed by atoms with van der Waals surface area (Å²) in [4.78, 5) is 85.7. The van der Waals surface area contributed by atoms with Gasteiger partial charge in [-0.1, -0.05) is 36.4 Å². The predicted octanol–water partition coefficient (Wildman–Crippen LogP) is -2.54.